The highest BCUT2D eigenvalue weighted by Crippen LogP contribution is 2.30. The van der Waals surface area contributed by atoms with Gasteiger partial charge < -0.3 is 0 Å². The van der Waals surface area contributed by atoms with Crippen LogP contribution in [-0.2, 0) is 17.1 Å². The maximum Gasteiger partial charge on any atom is 0.280 e. The molecule has 0 fully saturated rings. The molecule has 5 nitrogen and oxygen atoms in total. The molecule has 0 aliphatic rings. The van der Waals surface area contributed by atoms with Gasteiger partial charge in [0.05, 0.1) is 22.3 Å². The number of alkyl halides is 1. The molecule has 1 heterocycles. The van der Waals surface area contributed by atoms with E-state index in [1.807, 2.05) is 0 Å². The number of halogens is 2. The molecule has 1 aromatic heterocycles. The molecular weight excluding hydrogens is 321 g/mol. The van der Waals surface area contributed by atoms with Crippen LogP contribution in [0.5, 0.6) is 0 Å². The zero-order valence-corrected chi connectivity index (χ0v) is 13.2. The largest absolute Gasteiger partial charge is 0.280 e. The van der Waals surface area contributed by atoms with Crippen molar-refractivity contribution in [3.8, 4) is 0 Å². The molecule has 0 saturated carbocycles. The molecule has 2 aromatic rings. The van der Waals surface area contributed by atoms with Crippen LogP contribution in [0.3, 0.4) is 0 Å². The van der Waals surface area contributed by atoms with Gasteiger partial charge in [0.2, 0.25) is 0 Å². The van der Waals surface area contributed by atoms with Gasteiger partial charge in [-0.1, -0.05) is 29.8 Å². The predicted molar refractivity (Wildman–Crippen MR) is 79.7 cm³/mol. The van der Waals surface area contributed by atoms with Gasteiger partial charge in [-0.15, -0.1) is 11.6 Å². The molecule has 0 bridgehead atoms. The Morgan fingerprint density at radius 2 is 2.00 bits per heavy atom. The Morgan fingerprint density at radius 1 is 1.35 bits per heavy atom. The number of anilines is 1. The monoisotopic (exact) mass is 333 g/mol. The minimum Gasteiger partial charge on any atom is -0.278 e. The second-order valence-corrected chi connectivity index (χ2v) is 6.89. The summed E-state index contributed by atoms with van der Waals surface area (Å²) in [4.78, 5) is 0. The minimum atomic E-state index is -3.83. The first kappa shape index (κ1) is 15.2. The van der Waals surface area contributed by atoms with E-state index in [1.54, 1.807) is 31.2 Å². The van der Waals surface area contributed by atoms with Gasteiger partial charge in [0.25, 0.3) is 10.0 Å². The van der Waals surface area contributed by atoms with Gasteiger partial charge in [-0.25, -0.2) is 0 Å². The van der Waals surface area contributed by atoms with Gasteiger partial charge in [0.1, 0.15) is 0 Å². The summed E-state index contributed by atoms with van der Waals surface area (Å²) in [6.07, 6.45) is 1.28. The molecule has 8 heteroatoms. The van der Waals surface area contributed by atoms with Crippen LogP contribution in [0.2, 0.25) is 5.02 Å². The number of hydrogen-bond donors (Lipinski definition) is 1. The Kier molecular flexibility index (Phi) is 4.27. The van der Waals surface area contributed by atoms with Gasteiger partial charge >= 0.3 is 0 Å². The normalized spacial score (nSPS) is 13.2. The summed E-state index contributed by atoms with van der Waals surface area (Å²) in [5, 5.41) is 3.48. The maximum absolute atomic E-state index is 12.4. The van der Waals surface area contributed by atoms with Crippen LogP contribution in [0.4, 0.5) is 5.69 Å². The summed E-state index contributed by atoms with van der Waals surface area (Å²) in [5.74, 6) is 0. The van der Waals surface area contributed by atoms with Gasteiger partial charge in [-0.3, -0.25) is 9.40 Å². The van der Waals surface area contributed by atoms with Crippen molar-refractivity contribution in [1.82, 2.24) is 9.78 Å². The van der Waals surface area contributed by atoms with Crippen molar-refractivity contribution in [3.63, 3.8) is 0 Å². The zero-order chi connectivity index (χ0) is 14.9. The fourth-order valence-electron chi connectivity index (χ4n) is 1.83. The summed E-state index contributed by atoms with van der Waals surface area (Å²) >= 11 is 11.9. The summed E-state index contributed by atoms with van der Waals surface area (Å²) in [5.41, 5.74) is 1.11. The average molecular weight is 334 g/mol. The van der Waals surface area contributed by atoms with E-state index in [4.69, 9.17) is 23.2 Å². The molecule has 1 unspecified atom stereocenters. The topological polar surface area (TPSA) is 64.0 Å². The van der Waals surface area contributed by atoms with Crippen LogP contribution >= 0.6 is 23.2 Å². The molecule has 0 radical (unpaired) electrons. The Labute approximate surface area is 127 Å². The fraction of sp³-hybridized carbons (Fsp3) is 0.250. The molecule has 0 aliphatic carbocycles. The highest BCUT2D eigenvalue weighted by Gasteiger charge is 2.24. The number of hydrogen-bond acceptors (Lipinski definition) is 3. The van der Waals surface area contributed by atoms with E-state index in [1.165, 1.54) is 17.9 Å². The number of rotatable bonds is 4. The number of aromatic nitrogens is 2. The Balaban J connectivity index is 2.45. The molecule has 0 saturated heterocycles. The first-order chi connectivity index (χ1) is 9.33. The third-order valence-electron chi connectivity index (χ3n) is 2.73. The van der Waals surface area contributed by atoms with Gasteiger partial charge in [-0.2, -0.15) is 13.5 Å². The summed E-state index contributed by atoms with van der Waals surface area (Å²) in [6.45, 7) is 1.77. The lowest BCUT2D eigenvalue weighted by atomic mass is 10.1. The molecule has 20 heavy (non-hydrogen) atoms. The number of para-hydroxylation sites is 1. The SMILES string of the molecule is CC(Cl)c1ccccc1NS(=O)(=O)c1c(Cl)cnn1C. The summed E-state index contributed by atoms with van der Waals surface area (Å²) in [7, 11) is -2.32. The van der Waals surface area contributed by atoms with Crippen molar-refractivity contribution < 1.29 is 8.42 Å². The first-order valence-electron chi connectivity index (χ1n) is 5.76. The zero-order valence-electron chi connectivity index (χ0n) is 10.8. The molecular formula is C12H13Cl2N3O2S. The highest BCUT2D eigenvalue weighted by atomic mass is 35.5. The Bertz CT molecular complexity index is 707. The van der Waals surface area contributed by atoms with Crippen LogP contribution in [0.25, 0.3) is 0 Å². The highest BCUT2D eigenvalue weighted by molar-refractivity contribution is 7.92. The quantitative estimate of drug-likeness (QED) is 0.874. The van der Waals surface area contributed by atoms with Crippen LogP contribution in [0.15, 0.2) is 35.5 Å². The third-order valence-corrected chi connectivity index (χ3v) is 4.84. The number of aryl methyl sites for hydroxylation is 1. The second kappa shape index (κ2) is 5.63. The molecule has 1 N–H and O–H groups in total. The predicted octanol–water partition coefficient (Wildman–Crippen LogP) is 3.17. The number of sulfonamides is 1. The van der Waals surface area contributed by atoms with E-state index >= 15 is 0 Å². The second-order valence-electron chi connectivity index (χ2n) is 4.23. The van der Waals surface area contributed by atoms with E-state index in [2.05, 4.69) is 9.82 Å². The number of nitrogens with one attached hydrogen (secondary N) is 1. The van der Waals surface area contributed by atoms with E-state index in [-0.39, 0.29) is 15.4 Å². The lowest BCUT2D eigenvalue weighted by Gasteiger charge is -2.14. The van der Waals surface area contributed by atoms with Crippen molar-refractivity contribution in [2.75, 3.05) is 4.72 Å². The lowest BCUT2D eigenvalue weighted by Crippen LogP contribution is -2.18. The molecule has 0 amide bonds. The van der Waals surface area contributed by atoms with E-state index in [0.29, 0.717) is 11.3 Å². The fourth-order valence-corrected chi connectivity index (χ4v) is 3.77. The van der Waals surface area contributed by atoms with Crippen LogP contribution in [-0.4, -0.2) is 18.2 Å². The van der Waals surface area contributed by atoms with Gasteiger partial charge in [0, 0.05) is 7.05 Å². The van der Waals surface area contributed by atoms with Crippen molar-refractivity contribution in [2.24, 2.45) is 7.05 Å². The standard InChI is InChI=1S/C12H13Cl2N3O2S/c1-8(13)9-5-3-4-6-11(9)16-20(18,19)12-10(14)7-15-17(12)2/h3-8,16H,1-2H3. The molecule has 1 aromatic carbocycles. The molecule has 0 aliphatic heterocycles. The van der Waals surface area contributed by atoms with Gasteiger partial charge in [0.15, 0.2) is 5.03 Å². The van der Waals surface area contributed by atoms with Crippen LogP contribution in [0.1, 0.15) is 17.9 Å². The van der Waals surface area contributed by atoms with Crippen LogP contribution in [0, 0.1) is 0 Å². The average Bonchev–Trinajstić information content (AvgIpc) is 2.69. The molecule has 0 spiro atoms. The summed E-state index contributed by atoms with van der Waals surface area (Å²) < 4.78 is 28.5. The van der Waals surface area contributed by atoms with Gasteiger partial charge in [-0.05, 0) is 18.6 Å². The maximum atomic E-state index is 12.4. The molecule has 1 atom stereocenters. The lowest BCUT2D eigenvalue weighted by molar-refractivity contribution is 0.582. The van der Waals surface area contributed by atoms with E-state index in [9.17, 15) is 8.42 Å². The summed E-state index contributed by atoms with van der Waals surface area (Å²) in [6, 6.07) is 6.94. The molecule has 108 valence electrons. The van der Waals surface area contributed by atoms with Crippen LogP contribution < -0.4 is 4.72 Å². The molecule has 2 rings (SSSR count). The Hall–Kier alpha value is -1.24. The smallest absolute Gasteiger partial charge is 0.278 e. The van der Waals surface area contributed by atoms with Crippen molar-refractivity contribution >= 4 is 38.9 Å². The first-order valence-corrected chi connectivity index (χ1v) is 8.06. The minimum absolute atomic E-state index is 0.0661. The van der Waals surface area contributed by atoms with Crippen molar-refractivity contribution in [2.45, 2.75) is 17.3 Å². The third kappa shape index (κ3) is 2.92. The van der Waals surface area contributed by atoms with E-state index in [0.717, 1.165) is 0 Å². The van der Waals surface area contributed by atoms with Crippen molar-refractivity contribution in [3.05, 3.63) is 41.0 Å². The van der Waals surface area contributed by atoms with Crippen molar-refractivity contribution in [1.29, 1.82) is 0 Å². The number of nitrogens with zero attached hydrogens (tertiary/aromatic N) is 2. The Morgan fingerprint density at radius 3 is 2.55 bits per heavy atom. The van der Waals surface area contributed by atoms with E-state index < -0.39 is 10.0 Å². The number of benzene rings is 1.